The quantitative estimate of drug-likeness (QED) is 0.818. The lowest BCUT2D eigenvalue weighted by molar-refractivity contribution is 0.626. The van der Waals surface area contributed by atoms with E-state index in [1.54, 1.807) is 10.9 Å². The predicted octanol–water partition coefficient (Wildman–Crippen LogP) is 1.87. The highest BCUT2D eigenvalue weighted by Gasteiger charge is 2.07. The van der Waals surface area contributed by atoms with Crippen LogP contribution in [0.25, 0.3) is 0 Å². The molecule has 0 fully saturated rings. The fourth-order valence-corrected chi connectivity index (χ4v) is 2.37. The van der Waals surface area contributed by atoms with Crippen molar-refractivity contribution >= 4 is 10.8 Å². The summed E-state index contributed by atoms with van der Waals surface area (Å²) in [6.07, 6.45) is 1.80. The van der Waals surface area contributed by atoms with Gasteiger partial charge in [0.1, 0.15) is 5.82 Å². The molecule has 1 heterocycles. The van der Waals surface area contributed by atoms with Crippen LogP contribution in [0.3, 0.4) is 0 Å². The molecule has 1 unspecified atom stereocenters. The molecule has 2 rings (SSSR count). The SMILES string of the molecule is Cn1ccc(CS(=O)c2ccc(F)cc2)n1. The summed E-state index contributed by atoms with van der Waals surface area (Å²) in [4.78, 5) is 0.618. The van der Waals surface area contributed by atoms with Crippen LogP contribution in [0, 0.1) is 5.82 Å². The maximum absolute atomic E-state index is 12.7. The number of rotatable bonds is 3. The molecular weight excluding hydrogens is 227 g/mol. The number of halogens is 1. The van der Waals surface area contributed by atoms with Gasteiger partial charge in [-0.3, -0.25) is 8.89 Å². The highest BCUT2D eigenvalue weighted by atomic mass is 32.2. The van der Waals surface area contributed by atoms with Crippen LogP contribution >= 0.6 is 0 Å². The Morgan fingerprint density at radius 2 is 2.00 bits per heavy atom. The molecule has 1 aromatic carbocycles. The first kappa shape index (κ1) is 11.0. The van der Waals surface area contributed by atoms with Crippen molar-refractivity contribution in [3.8, 4) is 0 Å². The maximum Gasteiger partial charge on any atom is 0.123 e. The zero-order chi connectivity index (χ0) is 11.5. The maximum atomic E-state index is 12.7. The summed E-state index contributed by atoms with van der Waals surface area (Å²) < 4.78 is 26.2. The molecule has 16 heavy (non-hydrogen) atoms. The van der Waals surface area contributed by atoms with Gasteiger partial charge in [-0.05, 0) is 30.3 Å². The van der Waals surface area contributed by atoms with Crippen LogP contribution in [0.5, 0.6) is 0 Å². The smallest absolute Gasteiger partial charge is 0.123 e. The fraction of sp³-hybridized carbons (Fsp3) is 0.182. The van der Waals surface area contributed by atoms with Crippen LogP contribution in [0.4, 0.5) is 4.39 Å². The number of hydrogen-bond donors (Lipinski definition) is 0. The molecule has 0 aliphatic carbocycles. The lowest BCUT2D eigenvalue weighted by Gasteiger charge is -1.99. The van der Waals surface area contributed by atoms with E-state index in [4.69, 9.17) is 0 Å². The highest BCUT2D eigenvalue weighted by Crippen LogP contribution is 2.11. The summed E-state index contributed by atoms with van der Waals surface area (Å²) in [6.45, 7) is 0. The molecule has 5 heteroatoms. The second-order valence-electron chi connectivity index (χ2n) is 3.42. The summed E-state index contributed by atoms with van der Waals surface area (Å²) in [5.41, 5.74) is 0.769. The summed E-state index contributed by atoms with van der Waals surface area (Å²) in [6, 6.07) is 7.52. The third-order valence-corrected chi connectivity index (χ3v) is 3.48. The van der Waals surface area contributed by atoms with E-state index in [-0.39, 0.29) is 5.82 Å². The Bertz CT molecular complexity index is 507. The minimum atomic E-state index is -1.17. The summed E-state index contributed by atoms with van der Waals surface area (Å²) in [5, 5.41) is 4.14. The lowest BCUT2D eigenvalue weighted by atomic mass is 10.4. The Labute approximate surface area is 95.4 Å². The van der Waals surface area contributed by atoms with Gasteiger partial charge in [-0.2, -0.15) is 5.10 Å². The van der Waals surface area contributed by atoms with E-state index in [9.17, 15) is 8.60 Å². The van der Waals surface area contributed by atoms with Crippen LogP contribution < -0.4 is 0 Å². The van der Waals surface area contributed by atoms with Crippen LogP contribution in [-0.4, -0.2) is 14.0 Å². The van der Waals surface area contributed by atoms with E-state index in [0.717, 1.165) is 5.69 Å². The first-order valence-electron chi connectivity index (χ1n) is 4.77. The van der Waals surface area contributed by atoms with Gasteiger partial charge >= 0.3 is 0 Å². The number of benzene rings is 1. The molecule has 0 spiro atoms. The van der Waals surface area contributed by atoms with Gasteiger partial charge in [-0.15, -0.1) is 0 Å². The highest BCUT2D eigenvalue weighted by molar-refractivity contribution is 7.84. The molecule has 0 aliphatic heterocycles. The molecule has 0 N–H and O–H groups in total. The van der Waals surface area contributed by atoms with E-state index in [1.165, 1.54) is 24.3 Å². The van der Waals surface area contributed by atoms with Crippen LogP contribution in [0.1, 0.15) is 5.69 Å². The summed E-state index contributed by atoms with van der Waals surface area (Å²) in [7, 11) is 0.638. The number of aromatic nitrogens is 2. The Morgan fingerprint density at radius 1 is 1.31 bits per heavy atom. The van der Waals surface area contributed by atoms with Gasteiger partial charge in [0.15, 0.2) is 0 Å². The minimum Gasteiger partial charge on any atom is -0.276 e. The van der Waals surface area contributed by atoms with E-state index in [1.807, 2.05) is 13.1 Å². The molecule has 0 radical (unpaired) electrons. The second kappa shape index (κ2) is 4.57. The second-order valence-corrected chi connectivity index (χ2v) is 4.88. The molecule has 3 nitrogen and oxygen atoms in total. The molecule has 1 aromatic heterocycles. The van der Waals surface area contributed by atoms with Crippen LogP contribution in [0.15, 0.2) is 41.4 Å². The fourth-order valence-electron chi connectivity index (χ4n) is 1.34. The molecule has 84 valence electrons. The standard InChI is InChI=1S/C11H11FN2OS/c1-14-7-6-10(13-14)8-16(15)11-4-2-9(12)3-5-11/h2-7H,8H2,1H3. The van der Waals surface area contributed by atoms with Crippen molar-refractivity contribution in [2.75, 3.05) is 0 Å². The minimum absolute atomic E-state index is 0.321. The molecule has 0 saturated heterocycles. The Hall–Kier alpha value is -1.49. The zero-order valence-electron chi connectivity index (χ0n) is 8.76. The molecule has 2 aromatic rings. The molecular formula is C11H11FN2OS. The molecule has 1 atom stereocenters. The van der Waals surface area contributed by atoms with Crippen molar-refractivity contribution in [3.05, 3.63) is 48.0 Å². The Kier molecular flexibility index (Phi) is 3.14. The zero-order valence-corrected chi connectivity index (χ0v) is 9.58. The van der Waals surface area contributed by atoms with Gasteiger partial charge in [-0.1, -0.05) is 0 Å². The average molecular weight is 238 g/mol. The third kappa shape index (κ3) is 2.55. The van der Waals surface area contributed by atoms with Crippen molar-refractivity contribution in [3.63, 3.8) is 0 Å². The van der Waals surface area contributed by atoms with Gasteiger partial charge < -0.3 is 0 Å². The number of nitrogens with zero attached hydrogens (tertiary/aromatic N) is 2. The van der Waals surface area contributed by atoms with E-state index < -0.39 is 10.8 Å². The molecule has 0 aliphatic rings. The van der Waals surface area contributed by atoms with Gasteiger partial charge in [0.2, 0.25) is 0 Å². The van der Waals surface area contributed by atoms with Gasteiger partial charge in [-0.25, -0.2) is 4.39 Å². The normalized spacial score (nSPS) is 12.6. The molecule has 0 bridgehead atoms. The van der Waals surface area contributed by atoms with Crippen molar-refractivity contribution in [1.82, 2.24) is 9.78 Å². The van der Waals surface area contributed by atoms with Crippen LogP contribution in [0.2, 0.25) is 0 Å². The average Bonchev–Trinajstić information content (AvgIpc) is 2.65. The van der Waals surface area contributed by atoms with Crippen molar-refractivity contribution in [2.24, 2.45) is 7.05 Å². The first-order chi connectivity index (χ1) is 7.65. The van der Waals surface area contributed by atoms with Crippen molar-refractivity contribution < 1.29 is 8.60 Å². The van der Waals surface area contributed by atoms with Crippen molar-refractivity contribution in [1.29, 1.82) is 0 Å². The lowest BCUT2D eigenvalue weighted by Crippen LogP contribution is -1.98. The number of hydrogen-bond acceptors (Lipinski definition) is 2. The summed E-state index contributed by atoms with van der Waals surface area (Å²) in [5.74, 6) is 0.0329. The first-order valence-corrected chi connectivity index (χ1v) is 6.09. The topological polar surface area (TPSA) is 34.9 Å². The Balaban J connectivity index is 2.11. The van der Waals surface area contributed by atoms with E-state index in [0.29, 0.717) is 10.6 Å². The van der Waals surface area contributed by atoms with Crippen molar-refractivity contribution in [2.45, 2.75) is 10.6 Å². The van der Waals surface area contributed by atoms with E-state index in [2.05, 4.69) is 5.10 Å². The predicted molar refractivity (Wildman–Crippen MR) is 59.7 cm³/mol. The molecule has 0 saturated carbocycles. The van der Waals surface area contributed by atoms with Gasteiger partial charge in [0.05, 0.1) is 22.2 Å². The summed E-state index contributed by atoms with van der Waals surface area (Å²) >= 11 is 0. The largest absolute Gasteiger partial charge is 0.276 e. The van der Waals surface area contributed by atoms with E-state index >= 15 is 0 Å². The van der Waals surface area contributed by atoms with Crippen LogP contribution in [-0.2, 0) is 23.6 Å². The van der Waals surface area contributed by atoms with Gasteiger partial charge in [0.25, 0.3) is 0 Å². The van der Waals surface area contributed by atoms with Gasteiger partial charge in [0, 0.05) is 18.1 Å². The third-order valence-electron chi connectivity index (χ3n) is 2.12. The molecule has 0 amide bonds. The monoisotopic (exact) mass is 238 g/mol. The number of aryl methyl sites for hydroxylation is 1. The Morgan fingerprint density at radius 3 is 2.56 bits per heavy atom.